The van der Waals surface area contributed by atoms with E-state index in [1.807, 2.05) is 13.8 Å². The van der Waals surface area contributed by atoms with Crippen molar-refractivity contribution in [2.45, 2.75) is 19.9 Å². The van der Waals surface area contributed by atoms with E-state index in [0.717, 1.165) is 0 Å². The molecule has 0 bridgehead atoms. The van der Waals surface area contributed by atoms with E-state index in [4.69, 9.17) is 4.42 Å². The van der Waals surface area contributed by atoms with Crippen LogP contribution in [-0.2, 0) is 9.53 Å². The number of ether oxygens (including phenoxy) is 1. The number of nitrogens with one attached hydrogen (secondary N) is 1. The summed E-state index contributed by atoms with van der Waals surface area (Å²) in [6.07, 6.45) is 2.72. The Bertz CT molecular complexity index is 356. The van der Waals surface area contributed by atoms with Gasteiger partial charge in [-0.2, -0.15) is 0 Å². The molecular weight excluding hydrogens is 210 g/mol. The van der Waals surface area contributed by atoms with Crippen LogP contribution in [0.4, 0.5) is 0 Å². The topological polar surface area (TPSA) is 68.5 Å². The van der Waals surface area contributed by atoms with Crippen molar-refractivity contribution in [3.63, 3.8) is 0 Å². The van der Waals surface area contributed by atoms with Crippen LogP contribution in [0.2, 0.25) is 0 Å². The summed E-state index contributed by atoms with van der Waals surface area (Å²) < 4.78 is 9.40. The molecule has 1 aromatic rings. The molecule has 1 N–H and O–H groups in total. The average molecular weight is 225 g/mol. The molecule has 0 aliphatic carbocycles. The van der Waals surface area contributed by atoms with Gasteiger partial charge in [0.2, 0.25) is 0 Å². The molecule has 1 amide bonds. The average Bonchev–Trinajstić information content (AvgIpc) is 2.77. The van der Waals surface area contributed by atoms with Crippen molar-refractivity contribution in [3.8, 4) is 0 Å². The Labute approximate surface area is 93.8 Å². The number of amides is 1. The van der Waals surface area contributed by atoms with Crippen molar-refractivity contribution in [3.05, 3.63) is 24.2 Å². The minimum absolute atomic E-state index is 0.0386. The molecule has 1 aromatic heterocycles. The predicted molar refractivity (Wildman–Crippen MR) is 56.8 cm³/mol. The van der Waals surface area contributed by atoms with Gasteiger partial charge in [-0.15, -0.1) is 0 Å². The molecule has 5 heteroatoms. The lowest BCUT2D eigenvalue weighted by Crippen LogP contribution is -2.44. The summed E-state index contributed by atoms with van der Waals surface area (Å²) in [4.78, 5) is 23.1. The lowest BCUT2D eigenvalue weighted by molar-refractivity contribution is -0.144. The minimum atomic E-state index is -0.646. The molecule has 1 heterocycles. The van der Waals surface area contributed by atoms with Gasteiger partial charge in [0, 0.05) is 0 Å². The van der Waals surface area contributed by atoms with E-state index in [1.165, 1.54) is 25.7 Å². The van der Waals surface area contributed by atoms with Gasteiger partial charge in [0.05, 0.1) is 18.9 Å². The number of hydrogen-bond acceptors (Lipinski definition) is 4. The van der Waals surface area contributed by atoms with Crippen LogP contribution in [0.25, 0.3) is 0 Å². The van der Waals surface area contributed by atoms with Gasteiger partial charge in [-0.3, -0.25) is 4.79 Å². The number of esters is 1. The van der Waals surface area contributed by atoms with Gasteiger partial charge in [0.15, 0.2) is 0 Å². The second-order valence-electron chi connectivity index (χ2n) is 3.73. The molecule has 16 heavy (non-hydrogen) atoms. The third-order valence-electron chi connectivity index (χ3n) is 2.19. The molecule has 1 unspecified atom stereocenters. The van der Waals surface area contributed by atoms with Crippen LogP contribution in [0.1, 0.15) is 24.2 Å². The third-order valence-corrected chi connectivity index (χ3v) is 2.19. The zero-order valence-electron chi connectivity index (χ0n) is 9.52. The van der Waals surface area contributed by atoms with E-state index in [2.05, 4.69) is 10.1 Å². The van der Waals surface area contributed by atoms with Crippen LogP contribution < -0.4 is 5.32 Å². The molecule has 0 aliphatic heterocycles. The molecule has 0 aromatic carbocycles. The van der Waals surface area contributed by atoms with E-state index in [1.54, 1.807) is 0 Å². The van der Waals surface area contributed by atoms with E-state index in [9.17, 15) is 9.59 Å². The summed E-state index contributed by atoms with van der Waals surface area (Å²) in [5.74, 6) is -0.840. The summed E-state index contributed by atoms with van der Waals surface area (Å²) in [6.45, 7) is 3.66. The highest BCUT2D eigenvalue weighted by molar-refractivity contribution is 5.96. The number of furan rings is 1. The highest BCUT2D eigenvalue weighted by Gasteiger charge is 2.25. The number of methoxy groups -OCH3 is 1. The van der Waals surface area contributed by atoms with Gasteiger partial charge in [-0.1, -0.05) is 13.8 Å². The summed E-state index contributed by atoms with van der Waals surface area (Å²) in [6, 6.07) is 0.886. The molecule has 0 saturated carbocycles. The lowest BCUT2D eigenvalue weighted by atomic mass is 10.0. The summed E-state index contributed by atoms with van der Waals surface area (Å²) in [7, 11) is 1.29. The van der Waals surface area contributed by atoms with Crippen LogP contribution >= 0.6 is 0 Å². The lowest BCUT2D eigenvalue weighted by Gasteiger charge is -2.19. The smallest absolute Gasteiger partial charge is 0.328 e. The molecule has 0 spiro atoms. The fourth-order valence-electron chi connectivity index (χ4n) is 1.24. The monoisotopic (exact) mass is 225 g/mol. The molecular formula is C11H15NO4. The first-order valence-corrected chi connectivity index (χ1v) is 4.97. The SMILES string of the molecule is COC(=O)C(NC(=O)c1ccoc1)C(C)C. The fourth-order valence-corrected chi connectivity index (χ4v) is 1.24. The zero-order valence-corrected chi connectivity index (χ0v) is 9.52. The standard InChI is InChI=1S/C11H15NO4/c1-7(2)9(11(14)15-3)12-10(13)8-4-5-16-6-8/h4-7,9H,1-3H3,(H,12,13). The number of carbonyl (C=O) groups is 2. The van der Waals surface area contributed by atoms with E-state index in [0.29, 0.717) is 5.56 Å². The Morgan fingerprint density at radius 2 is 2.12 bits per heavy atom. The van der Waals surface area contributed by atoms with Gasteiger partial charge in [-0.05, 0) is 12.0 Å². The van der Waals surface area contributed by atoms with Crippen LogP contribution in [0.15, 0.2) is 23.0 Å². The quantitative estimate of drug-likeness (QED) is 0.782. The van der Waals surface area contributed by atoms with Crippen molar-refractivity contribution in [1.29, 1.82) is 0 Å². The van der Waals surface area contributed by atoms with E-state index in [-0.39, 0.29) is 11.8 Å². The van der Waals surface area contributed by atoms with Crippen molar-refractivity contribution in [2.24, 2.45) is 5.92 Å². The maximum Gasteiger partial charge on any atom is 0.328 e. The van der Waals surface area contributed by atoms with E-state index >= 15 is 0 Å². The first-order valence-electron chi connectivity index (χ1n) is 4.97. The second kappa shape index (κ2) is 5.34. The van der Waals surface area contributed by atoms with Crippen LogP contribution in [0, 0.1) is 5.92 Å². The molecule has 0 aliphatic rings. The Kier molecular flexibility index (Phi) is 4.10. The van der Waals surface area contributed by atoms with Gasteiger partial charge >= 0.3 is 5.97 Å². The Hall–Kier alpha value is -1.78. The summed E-state index contributed by atoms with van der Waals surface area (Å²) in [5, 5.41) is 2.60. The molecule has 5 nitrogen and oxygen atoms in total. The van der Waals surface area contributed by atoms with Crippen LogP contribution in [0.3, 0.4) is 0 Å². The molecule has 88 valence electrons. The van der Waals surface area contributed by atoms with Crippen molar-refractivity contribution in [2.75, 3.05) is 7.11 Å². The summed E-state index contributed by atoms with van der Waals surface area (Å²) in [5.41, 5.74) is 0.384. The maximum atomic E-state index is 11.7. The molecule has 0 saturated heterocycles. The predicted octanol–water partition coefficient (Wildman–Crippen LogP) is 1.21. The molecule has 1 atom stereocenters. The number of hydrogen-bond donors (Lipinski definition) is 1. The normalized spacial score (nSPS) is 12.2. The van der Waals surface area contributed by atoms with Crippen molar-refractivity contribution in [1.82, 2.24) is 5.32 Å². The van der Waals surface area contributed by atoms with Crippen molar-refractivity contribution >= 4 is 11.9 Å². The van der Waals surface area contributed by atoms with Crippen LogP contribution in [-0.4, -0.2) is 25.0 Å². The third kappa shape index (κ3) is 2.85. The fraction of sp³-hybridized carbons (Fsp3) is 0.455. The van der Waals surface area contributed by atoms with Crippen molar-refractivity contribution < 1.29 is 18.7 Å². The summed E-state index contributed by atoms with van der Waals surface area (Å²) >= 11 is 0. The number of rotatable bonds is 4. The molecule has 0 fully saturated rings. The van der Waals surface area contributed by atoms with Crippen LogP contribution in [0.5, 0.6) is 0 Å². The number of carbonyl (C=O) groups excluding carboxylic acids is 2. The first kappa shape index (κ1) is 12.3. The van der Waals surface area contributed by atoms with E-state index < -0.39 is 12.0 Å². The van der Waals surface area contributed by atoms with Gasteiger partial charge in [0.25, 0.3) is 5.91 Å². The zero-order chi connectivity index (χ0) is 12.1. The Morgan fingerprint density at radius 1 is 1.44 bits per heavy atom. The molecule has 0 radical (unpaired) electrons. The highest BCUT2D eigenvalue weighted by atomic mass is 16.5. The maximum absolute atomic E-state index is 11.7. The first-order chi connectivity index (χ1) is 7.56. The van der Waals surface area contributed by atoms with Gasteiger partial charge in [-0.25, -0.2) is 4.79 Å². The minimum Gasteiger partial charge on any atom is -0.472 e. The Balaban J connectivity index is 2.69. The highest BCUT2D eigenvalue weighted by Crippen LogP contribution is 2.06. The largest absolute Gasteiger partial charge is 0.472 e. The molecule has 1 rings (SSSR count). The van der Waals surface area contributed by atoms with Gasteiger partial charge in [0.1, 0.15) is 12.3 Å². The Morgan fingerprint density at radius 3 is 2.56 bits per heavy atom. The van der Waals surface area contributed by atoms with Gasteiger partial charge < -0.3 is 14.5 Å². The second-order valence-corrected chi connectivity index (χ2v) is 3.73.